The number of para-hydroxylation sites is 1. The van der Waals surface area contributed by atoms with Gasteiger partial charge in [-0.25, -0.2) is 4.98 Å². The van der Waals surface area contributed by atoms with Gasteiger partial charge in [0.1, 0.15) is 5.75 Å². The second-order valence-electron chi connectivity index (χ2n) is 7.18. The molecule has 6 nitrogen and oxygen atoms in total. The van der Waals surface area contributed by atoms with Gasteiger partial charge in [-0.1, -0.05) is 47.5 Å². The number of carbonyl (C=O) groups is 2. The van der Waals surface area contributed by atoms with Gasteiger partial charge in [-0.3, -0.25) is 9.59 Å². The third-order valence-corrected chi connectivity index (χ3v) is 6.86. The van der Waals surface area contributed by atoms with Gasteiger partial charge >= 0.3 is 0 Å². The number of thioether (sulfide) groups is 1. The van der Waals surface area contributed by atoms with Gasteiger partial charge in [0.2, 0.25) is 5.91 Å². The zero-order chi connectivity index (χ0) is 24.6. The molecule has 1 heterocycles. The molecule has 10 heteroatoms. The van der Waals surface area contributed by atoms with Crippen molar-refractivity contribution in [3.8, 4) is 17.0 Å². The van der Waals surface area contributed by atoms with Crippen LogP contribution in [0.3, 0.4) is 0 Å². The van der Waals surface area contributed by atoms with E-state index < -0.39 is 0 Å². The molecule has 178 valence electrons. The number of ether oxygens (including phenoxy) is 1. The smallest absolute Gasteiger partial charge is 0.262 e. The van der Waals surface area contributed by atoms with Gasteiger partial charge in [-0.2, -0.15) is 0 Å². The molecule has 0 saturated heterocycles. The Balaban J connectivity index is 1.26. The van der Waals surface area contributed by atoms with Crippen molar-refractivity contribution in [1.29, 1.82) is 0 Å². The lowest BCUT2D eigenvalue weighted by Crippen LogP contribution is -2.20. The number of halogens is 2. The van der Waals surface area contributed by atoms with Gasteiger partial charge in [-0.05, 0) is 48.5 Å². The second kappa shape index (κ2) is 12.1. The van der Waals surface area contributed by atoms with Crippen molar-refractivity contribution >= 4 is 68.9 Å². The first-order chi connectivity index (χ1) is 17.0. The minimum Gasteiger partial charge on any atom is -0.484 e. The van der Waals surface area contributed by atoms with E-state index in [9.17, 15) is 9.59 Å². The van der Waals surface area contributed by atoms with Gasteiger partial charge in [0.15, 0.2) is 11.7 Å². The molecule has 2 N–H and O–H groups in total. The number of amides is 2. The van der Waals surface area contributed by atoms with Gasteiger partial charge in [0.05, 0.1) is 16.5 Å². The summed E-state index contributed by atoms with van der Waals surface area (Å²) in [6.45, 7) is -0.0964. The molecule has 3 aromatic carbocycles. The Morgan fingerprint density at radius 1 is 0.943 bits per heavy atom. The molecule has 2 amide bonds. The number of rotatable bonds is 9. The largest absolute Gasteiger partial charge is 0.484 e. The van der Waals surface area contributed by atoms with E-state index >= 15 is 0 Å². The SMILES string of the molecule is O=C(COc1ccccc1)Nc1cccc(SCC(=O)Nc2nc(-c3ccc(Cl)cc3Cl)cs2)c1. The van der Waals surface area contributed by atoms with Crippen molar-refractivity contribution in [2.45, 2.75) is 4.90 Å². The van der Waals surface area contributed by atoms with E-state index in [1.807, 2.05) is 41.8 Å². The zero-order valence-corrected chi connectivity index (χ0v) is 21.3. The minimum absolute atomic E-state index is 0.0964. The van der Waals surface area contributed by atoms with Crippen LogP contribution in [0.15, 0.2) is 83.1 Å². The molecule has 4 aromatic rings. The number of aromatic nitrogens is 1. The van der Waals surface area contributed by atoms with Crippen LogP contribution in [-0.2, 0) is 9.59 Å². The fourth-order valence-corrected chi connectivity index (χ4v) is 4.97. The molecule has 0 aliphatic rings. The van der Waals surface area contributed by atoms with Crippen LogP contribution in [0, 0.1) is 0 Å². The van der Waals surface area contributed by atoms with Crippen molar-refractivity contribution in [3.05, 3.63) is 88.2 Å². The van der Waals surface area contributed by atoms with Crippen LogP contribution < -0.4 is 15.4 Å². The maximum absolute atomic E-state index is 12.4. The Labute approximate surface area is 220 Å². The molecule has 0 saturated carbocycles. The van der Waals surface area contributed by atoms with E-state index in [2.05, 4.69) is 15.6 Å². The van der Waals surface area contributed by atoms with Crippen molar-refractivity contribution in [2.24, 2.45) is 0 Å². The van der Waals surface area contributed by atoms with E-state index in [1.165, 1.54) is 23.1 Å². The Morgan fingerprint density at radius 2 is 1.77 bits per heavy atom. The van der Waals surface area contributed by atoms with Gasteiger partial charge < -0.3 is 15.4 Å². The molecule has 4 rings (SSSR count). The molecule has 0 aliphatic carbocycles. The zero-order valence-electron chi connectivity index (χ0n) is 18.2. The predicted octanol–water partition coefficient (Wildman–Crippen LogP) is 6.87. The lowest BCUT2D eigenvalue weighted by atomic mass is 10.2. The minimum atomic E-state index is -0.269. The standard InChI is InChI=1S/C25H19Cl2N3O3S2/c26-16-9-10-20(21(27)11-16)22-14-35-25(29-22)30-24(32)15-34-19-8-4-5-17(12-19)28-23(31)13-33-18-6-2-1-3-7-18/h1-12,14H,13,15H2,(H,28,31)(H,29,30,32). The number of benzene rings is 3. The molecule has 0 aliphatic heterocycles. The maximum Gasteiger partial charge on any atom is 0.262 e. The summed E-state index contributed by atoms with van der Waals surface area (Å²) < 4.78 is 5.46. The molecule has 0 bridgehead atoms. The van der Waals surface area contributed by atoms with Crippen molar-refractivity contribution in [1.82, 2.24) is 4.98 Å². The molecule has 0 spiro atoms. The first-order valence-electron chi connectivity index (χ1n) is 10.4. The van der Waals surface area contributed by atoms with Crippen molar-refractivity contribution in [3.63, 3.8) is 0 Å². The Morgan fingerprint density at radius 3 is 2.57 bits per heavy atom. The number of thiazole rings is 1. The molecule has 0 radical (unpaired) electrons. The van der Waals surface area contributed by atoms with Crippen LogP contribution in [0.1, 0.15) is 0 Å². The summed E-state index contributed by atoms with van der Waals surface area (Å²) in [7, 11) is 0. The van der Waals surface area contributed by atoms with Crippen molar-refractivity contribution < 1.29 is 14.3 Å². The van der Waals surface area contributed by atoms with Crippen LogP contribution in [0.2, 0.25) is 10.0 Å². The highest BCUT2D eigenvalue weighted by Gasteiger charge is 2.12. The molecule has 35 heavy (non-hydrogen) atoms. The Kier molecular flexibility index (Phi) is 8.65. The summed E-state index contributed by atoms with van der Waals surface area (Å²) in [5, 5.41) is 8.95. The fraction of sp³-hybridized carbons (Fsp3) is 0.0800. The average molecular weight is 544 g/mol. The van der Waals surface area contributed by atoms with Crippen LogP contribution in [0.25, 0.3) is 11.3 Å². The highest BCUT2D eigenvalue weighted by atomic mass is 35.5. The van der Waals surface area contributed by atoms with Crippen molar-refractivity contribution in [2.75, 3.05) is 23.0 Å². The molecule has 0 unspecified atom stereocenters. The van der Waals surface area contributed by atoms with Gasteiger partial charge in [0.25, 0.3) is 5.91 Å². The van der Waals surface area contributed by atoms with Crippen LogP contribution in [0.5, 0.6) is 5.75 Å². The quantitative estimate of drug-likeness (QED) is 0.225. The number of hydrogen-bond donors (Lipinski definition) is 2. The van der Waals surface area contributed by atoms with Gasteiger partial charge in [0, 0.05) is 26.5 Å². The monoisotopic (exact) mass is 543 g/mol. The van der Waals surface area contributed by atoms with E-state index in [0.29, 0.717) is 32.3 Å². The number of anilines is 2. The summed E-state index contributed by atoms with van der Waals surface area (Å²) in [6.07, 6.45) is 0. The fourth-order valence-electron chi connectivity index (χ4n) is 2.98. The number of nitrogens with zero attached hydrogens (tertiary/aromatic N) is 1. The van der Waals surface area contributed by atoms with E-state index in [-0.39, 0.29) is 24.2 Å². The summed E-state index contributed by atoms with van der Waals surface area (Å²) in [4.78, 5) is 29.9. The van der Waals surface area contributed by atoms with E-state index in [0.717, 1.165) is 10.5 Å². The van der Waals surface area contributed by atoms with Crippen LogP contribution in [0.4, 0.5) is 10.8 Å². The normalized spacial score (nSPS) is 10.6. The topological polar surface area (TPSA) is 80.3 Å². The highest BCUT2D eigenvalue weighted by molar-refractivity contribution is 8.00. The van der Waals surface area contributed by atoms with Gasteiger partial charge in [-0.15, -0.1) is 23.1 Å². The molecular formula is C25H19Cl2N3O3S2. The lowest BCUT2D eigenvalue weighted by Gasteiger charge is -2.09. The molecule has 0 atom stereocenters. The summed E-state index contributed by atoms with van der Waals surface area (Å²) in [6, 6.07) is 21.6. The molecule has 1 aromatic heterocycles. The highest BCUT2D eigenvalue weighted by Crippen LogP contribution is 2.32. The van der Waals surface area contributed by atoms with Crippen LogP contribution >= 0.6 is 46.3 Å². The summed E-state index contributed by atoms with van der Waals surface area (Å²) >= 11 is 14.9. The van der Waals surface area contributed by atoms with E-state index in [4.69, 9.17) is 27.9 Å². The second-order valence-corrected chi connectivity index (χ2v) is 9.93. The third kappa shape index (κ3) is 7.47. The first-order valence-corrected chi connectivity index (χ1v) is 13.0. The number of hydrogen-bond acceptors (Lipinski definition) is 6. The molecule has 0 fully saturated rings. The maximum atomic E-state index is 12.4. The Bertz CT molecular complexity index is 1330. The van der Waals surface area contributed by atoms with Crippen LogP contribution in [-0.4, -0.2) is 29.2 Å². The summed E-state index contributed by atoms with van der Waals surface area (Å²) in [5.74, 6) is 0.352. The summed E-state index contributed by atoms with van der Waals surface area (Å²) in [5.41, 5.74) is 2.04. The lowest BCUT2D eigenvalue weighted by molar-refractivity contribution is -0.118. The van der Waals surface area contributed by atoms with E-state index in [1.54, 1.807) is 36.4 Å². The number of nitrogens with one attached hydrogen (secondary N) is 2. The third-order valence-electron chi connectivity index (χ3n) is 4.56. The Hall–Kier alpha value is -3.04. The predicted molar refractivity (Wildman–Crippen MR) is 144 cm³/mol. The number of carbonyl (C=O) groups excluding carboxylic acids is 2. The first kappa shape index (κ1) is 25.1. The molecular weight excluding hydrogens is 525 g/mol. The average Bonchev–Trinajstić information content (AvgIpc) is 3.30.